The third kappa shape index (κ3) is 4.27. The average molecular weight is 481 g/mol. The maximum Gasteiger partial charge on any atom is 0.283 e. The third-order valence-electron chi connectivity index (χ3n) is 4.88. The Labute approximate surface area is 193 Å². The van der Waals surface area contributed by atoms with Crippen LogP contribution in [0.3, 0.4) is 0 Å². The Kier molecular flexibility index (Phi) is 6.20. The van der Waals surface area contributed by atoms with E-state index < -0.39 is 11.8 Å². The molecule has 2 aliphatic heterocycles. The summed E-state index contributed by atoms with van der Waals surface area (Å²) in [4.78, 5) is 40.6. The van der Waals surface area contributed by atoms with Crippen molar-refractivity contribution in [1.29, 1.82) is 0 Å². The van der Waals surface area contributed by atoms with Crippen LogP contribution in [-0.4, -0.2) is 48.9 Å². The van der Waals surface area contributed by atoms with Crippen LogP contribution >= 0.6 is 34.8 Å². The molecule has 4 rings (SSSR count). The first-order valence-corrected chi connectivity index (χ1v) is 10.5. The van der Waals surface area contributed by atoms with Crippen LogP contribution in [0.2, 0.25) is 10.0 Å². The molecule has 0 unspecified atom stereocenters. The minimum atomic E-state index is -0.697. The van der Waals surface area contributed by atoms with Crippen LogP contribution in [0.1, 0.15) is 10.4 Å². The maximum absolute atomic E-state index is 12.9. The van der Waals surface area contributed by atoms with Gasteiger partial charge in [-0.05, 0) is 42.5 Å². The number of nitrogens with zero attached hydrogens (tertiary/aromatic N) is 2. The minimum Gasteiger partial charge on any atom is -0.378 e. The third-order valence-corrected chi connectivity index (χ3v) is 5.77. The summed E-state index contributed by atoms with van der Waals surface area (Å²) in [6, 6.07) is 11.0. The highest BCUT2D eigenvalue weighted by Crippen LogP contribution is 2.35. The lowest BCUT2D eigenvalue weighted by atomic mass is 10.1. The van der Waals surface area contributed by atoms with Gasteiger partial charge in [0.1, 0.15) is 10.7 Å². The number of nitrogens with one attached hydrogen (secondary N) is 1. The summed E-state index contributed by atoms with van der Waals surface area (Å²) >= 11 is 18.2. The van der Waals surface area contributed by atoms with Gasteiger partial charge < -0.3 is 15.0 Å². The lowest BCUT2D eigenvalue weighted by molar-refractivity contribution is -0.120. The van der Waals surface area contributed by atoms with E-state index in [0.717, 1.165) is 4.90 Å². The molecule has 1 N–H and O–H groups in total. The molecule has 1 fully saturated rings. The second-order valence-electron chi connectivity index (χ2n) is 6.84. The van der Waals surface area contributed by atoms with Gasteiger partial charge in [0.25, 0.3) is 17.7 Å². The van der Waals surface area contributed by atoms with Crippen LogP contribution in [0.25, 0.3) is 0 Å². The van der Waals surface area contributed by atoms with Crippen molar-refractivity contribution in [2.24, 2.45) is 0 Å². The predicted octanol–water partition coefficient (Wildman–Crippen LogP) is 3.90. The number of morpholine rings is 1. The molecule has 10 heteroatoms. The van der Waals surface area contributed by atoms with Gasteiger partial charge in [-0.2, -0.15) is 0 Å². The van der Waals surface area contributed by atoms with E-state index in [2.05, 4.69) is 5.32 Å². The second kappa shape index (κ2) is 8.88. The topological polar surface area (TPSA) is 79.0 Å². The Morgan fingerprint density at radius 3 is 2.26 bits per heavy atom. The summed E-state index contributed by atoms with van der Waals surface area (Å²) in [7, 11) is 0. The molecule has 7 nitrogen and oxygen atoms in total. The quantitative estimate of drug-likeness (QED) is 0.672. The molecular formula is C21H16Cl3N3O4. The molecule has 3 amide bonds. The lowest BCUT2D eigenvalue weighted by Crippen LogP contribution is -2.40. The van der Waals surface area contributed by atoms with Crippen molar-refractivity contribution >= 4 is 63.9 Å². The van der Waals surface area contributed by atoms with Gasteiger partial charge in [-0.1, -0.05) is 34.8 Å². The average Bonchev–Trinajstić information content (AvgIpc) is 2.98. The summed E-state index contributed by atoms with van der Waals surface area (Å²) in [6.45, 7) is 2.12. The van der Waals surface area contributed by atoms with E-state index in [1.165, 1.54) is 18.2 Å². The summed E-state index contributed by atoms with van der Waals surface area (Å²) in [6.07, 6.45) is 0. The molecule has 2 aromatic rings. The molecule has 2 aromatic carbocycles. The van der Waals surface area contributed by atoms with E-state index >= 15 is 0 Å². The van der Waals surface area contributed by atoms with E-state index in [-0.39, 0.29) is 27.3 Å². The molecule has 0 radical (unpaired) electrons. The number of amides is 3. The van der Waals surface area contributed by atoms with Crippen LogP contribution < -0.4 is 10.2 Å². The standard InChI is InChI=1S/C21H16Cl3N3O4/c22-13-3-6-16(15(23)11-13)27-20(29)17(24)18(21(27)30)25-14-4-1-12(2-5-14)19(28)26-7-9-31-10-8-26/h1-6,11,25H,7-10H2. The van der Waals surface area contributed by atoms with Gasteiger partial charge >= 0.3 is 0 Å². The highest BCUT2D eigenvalue weighted by atomic mass is 35.5. The molecule has 0 spiro atoms. The summed E-state index contributed by atoms with van der Waals surface area (Å²) in [5, 5.41) is 3.13. The molecule has 0 atom stereocenters. The molecule has 0 aliphatic carbocycles. The molecule has 160 valence electrons. The first kappa shape index (κ1) is 21.6. The van der Waals surface area contributed by atoms with Crippen LogP contribution in [-0.2, 0) is 14.3 Å². The SMILES string of the molecule is O=C(c1ccc(NC2=C(Cl)C(=O)N(c3ccc(Cl)cc3Cl)C2=O)cc1)N1CCOCC1. The van der Waals surface area contributed by atoms with E-state index in [0.29, 0.717) is 42.6 Å². The molecule has 0 aromatic heterocycles. The summed E-state index contributed by atoms with van der Waals surface area (Å²) < 4.78 is 5.26. The largest absolute Gasteiger partial charge is 0.378 e. The van der Waals surface area contributed by atoms with Gasteiger partial charge in [-0.3, -0.25) is 14.4 Å². The molecular weight excluding hydrogens is 465 g/mol. The van der Waals surface area contributed by atoms with E-state index in [1.807, 2.05) is 0 Å². The monoisotopic (exact) mass is 479 g/mol. The van der Waals surface area contributed by atoms with Crippen molar-refractivity contribution in [2.75, 3.05) is 36.5 Å². The number of rotatable bonds is 4. The Bertz CT molecular complexity index is 1100. The molecule has 31 heavy (non-hydrogen) atoms. The lowest BCUT2D eigenvalue weighted by Gasteiger charge is -2.26. The van der Waals surface area contributed by atoms with E-state index in [4.69, 9.17) is 39.5 Å². The number of carbonyl (C=O) groups is 3. The Morgan fingerprint density at radius 2 is 1.61 bits per heavy atom. The Hall–Kier alpha value is -2.58. The van der Waals surface area contributed by atoms with E-state index in [1.54, 1.807) is 29.2 Å². The predicted molar refractivity (Wildman–Crippen MR) is 119 cm³/mol. The number of hydrogen-bond donors (Lipinski definition) is 1. The van der Waals surface area contributed by atoms with Crippen LogP contribution in [0.4, 0.5) is 11.4 Å². The Morgan fingerprint density at radius 1 is 0.935 bits per heavy atom. The number of anilines is 2. The molecule has 1 saturated heterocycles. The Balaban J connectivity index is 1.51. The number of carbonyl (C=O) groups excluding carboxylic acids is 3. The fraction of sp³-hybridized carbons (Fsp3) is 0.190. The molecule has 0 bridgehead atoms. The first-order valence-electron chi connectivity index (χ1n) is 9.34. The number of benzene rings is 2. The van der Waals surface area contributed by atoms with Crippen LogP contribution in [0.5, 0.6) is 0 Å². The van der Waals surface area contributed by atoms with Crippen molar-refractivity contribution < 1.29 is 19.1 Å². The van der Waals surface area contributed by atoms with Crippen molar-refractivity contribution in [3.8, 4) is 0 Å². The van der Waals surface area contributed by atoms with Gasteiger partial charge in [0.05, 0.1) is 23.9 Å². The fourth-order valence-corrected chi connectivity index (χ4v) is 3.99. The number of ether oxygens (including phenoxy) is 1. The number of halogens is 3. The molecule has 2 heterocycles. The highest BCUT2D eigenvalue weighted by molar-refractivity contribution is 6.53. The van der Waals surface area contributed by atoms with Gasteiger partial charge in [0, 0.05) is 29.4 Å². The highest BCUT2D eigenvalue weighted by Gasteiger charge is 2.39. The van der Waals surface area contributed by atoms with Gasteiger partial charge in [0.2, 0.25) is 0 Å². The number of hydrogen-bond acceptors (Lipinski definition) is 5. The van der Waals surface area contributed by atoms with Crippen LogP contribution in [0.15, 0.2) is 53.2 Å². The summed E-state index contributed by atoms with van der Waals surface area (Å²) in [5.74, 6) is -1.44. The molecule has 2 aliphatic rings. The minimum absolute atomic E-state index is 0.0788. The van der Waals surface area contributed by atoms with E-state index in [9.17, 15) is 14.4 Å². The van der Waals surface area contributed by atoms with Gasteiger partial charge in [-0.25, -0.2) is 4.90 Å². The molecule has 0 saturated carbocycles. The van der Waals surface area contributed by atoms with Crippen LogP contribution in [0, 0.1) is 0 Å². The fourth-order valence-electron chi connectivity index (χ4n) is 3.28. The van der Waals surface area contributed by atoms with Crippen molar-refractivity contribution in [1.82, 2.24) is 4.90 Å². The van der Waals surface area contributed by atoms with Gasteiger partial charge in [0.15, 0.2) is 0 Å². The number of imide groups is 1. The zero-order valence-electron chi connectivity index (χ0n) is 16.0. The second-order valence-corrected chi connectivity index (χ2v) is 8.06. The zero-order valence-corrected chi connectivity index (χ0v) is 18.3. The smallest absolute Gasteiger partial charge is 0.283 e. The first-order chi connectivity index (χ1) is 14.9. The normalized spacial score (nSPS) is 16.9. The van der Waals surface area contributed by atoms with Crippen molar-refractivity contribution in [3.63, 3.8) is 0 Å². The van der Waals surface area contributed by atoms with Gasteiger partial charge in [-0.15, -0.1) is 0 Å². The summed E-state index contributed by atoms with van der Waals surface area (Å²) in [5.41, 5.74) is 1.11. The maximum atomic E-state index is 12.9. The zero-order chi connectivity index (χ0) is 22.1. The van der Waals surface area contributed by atoms with Crippen molar-refractivity contribution in [3.05, 3.63) is 68.8 Å². The van der Waals surface area contributed by atoms with Crippen molar-refractivity contribution in [2.45, 2.75) is 0 Å².